The third kappa shape index (κ3) is 4.12. The summed E-state index contributed by atoms with van der Waals surface area (Å²) in [5.74, 6) is -0.0357. The molecule has 0 saturated carbocycles. The highest BCUT2D eigenvalue weighted by Gasteiger charge is 2.17. The molecule has 7 heteroatoms. The van der Waals surface area contributed by atoms with Gasteiger partial charge in [0.05, 0.1) is 31.6 Å². The highest BCUT2D eigenvalue weighted by molar-refractivity contribution is 5.90. The molecule has 1 aliphatic rings. The molecule has 3 heterocycles. The molecule has 1 unspecified atom stereocenters. The van der Waals surface area contributed by atoms with E-state index in [0.717, 1.165) is 12.1 Å². The average Bonchev–Trinajstić information content (AvgIpc) is 2.96. The molecule has 2 N–H and O–H groups in total. The first-order valence-electron chi connectivity index (χ1n) is 7.32. The van der Waals surface area contributed by atoms with E-state index in [4.69, 9.17) is 4.74 Å². The van der Waals surface area contributed by atoms with Crippen molar-refractivity contribution in [2.75, 3.05) is 25.1 Å². The van der Waals surface area contributed by atoms with Crippen LogP contribution in [0.15, 0.2) is 36.9 Å². The second-order valence-electron chi connectivity index (χ2n) is 5.26. The number of morpholine rings is 1. The van der Waals surface area contributed by atoms with E-state index in [0.29, 0.717) is 31.9 Å². The van der Waals surface area contributed by atoms with Crippen LogP contribution in [0.5, 0.6) is 0 Å². The summed E-state index contributed by atoms with van der Waals surface area (Å²) in [5.41, 5.74) is 1.82. The fourth-order valence-electron chi connectivity index (χ4n) is 2.38. The van der Waals surface area contributed by atoms with Crippen molar-refractivity contribution < 1.29 is 9.53 Å². The Morgan fingerprint density at radius 2 is 2.32 bits per heavy atom. The van der Waals surface area contributed by atoms with Crippen LogP contribution in [0.2, 0.25) is 0 Å². The Kier molecular flexibility index (Phi) is 4.77. The van der Waals surface area contributed by atoms with Gasteiger partial charge in [0, 0.05) is 37.6 Å². The van der Waals surface area contributed by atoms with Crippen molar-refractivity contribution in [2.45, 2.75) is 19.0 Å². The number of pyridine rings is 1. The van der Waals surface area contributed by atoms with Crippen LogP contribution in [0.25, 0.3) is 0 Å². The molecule has 1 fully saturated rings. The fraction of sp³-hybridized carbons (Fsp3) is 0.400. The molecule has 1 aliphatic heterocycles. The van der Waals surface area contributed by atoms with Gasteiger partial charge in [0.15, 0.2) is 0 Å². The molecule has 2 aromatic heterocycles. The lowest BCUT2D eigenvalue weighted by Crippen LogP contribution is -2.43. The summed E-state index contributed by atoms with van der Waals surface area (Å²) in [6.07, 6.45) is 7.38. The number of hydrogen-bond donors (Lipinski definition) is 2. The van der Waals surface area contributed by atoms with E-state index in [9.17, 15) is 4.79 Å². The maximum atomic E-state index is 12.0. The first kappa shape index (κ1) is 14.7. The number of amides is 1. The summed E-state index contributed by atoms with van der Waals surface area (Å²) in [7, 11) is 0. The molecule has 1 atom stereocenters. The molecule has 0 aromatic carbocycles. The van der Waals surface area contributed by atoms with Crippen LogP contribution < -0.4 is 10.6 Å². The van der Waals surface area contributed by atoms with Crippen LogP contribution in [-0.4, -0.2) is 46.5 Å². The van der Waals surface area contributed by atoms with Crippen LogP contribution in [0, 0.1) is 0 Å². The van der Waals surface area contributed by atoms with Crippen molar-refractivity contribution >= 4 is 11.6 Å². The van der Waals surface area contributed by atoms with Gasteiger partial charge in [0.25, 0.3) is 0 Å². The molecular weight excluding hydrogens is 282 g/mol. The van der Waals surface area contributed by atoms with Gasteiger partial charge in [-0.1, -0.05) is 0 Å². The lowest BCUT2D eigenvalue weighted by Gasteiger charge is -2.23. The molecule has 22 heavy (non-hydrogen) atoms. The highest BCUT2D eigenvalue weighted by atomic mass is 16.5. The van der Waals surface area contributed by atoms with Crippen molar-refractivity contribution in [3.05, 3.63) is 42.5 Å². The third-order valence-corrected chi connectivity index (χ3v) is 3.44. The number of carbonyl (C=O) groups excluding carboxylic acids is 1. The minimum Gasteiger partial charge on any atom is -0.378 e. The number of nitrogens with zero attached hydrogens (tertiary/aromatic N) is 3. The summed E-state index contributed by atoms with van der Waals surface area (Å²) in [6, 6.07) is 3.96. The average molecular weight is 301 g/mol. The zero-order chi connectivity index (χ0) is 15.2. The monoisotopic (exact) mass is 301 g/mol. The van der Waals surface area contributed by atoms with Gasteiger partial charge in [-0.2, -0.15) is 5.10 Å². The zero-order valence-corrected chi connectivity index (χ0v) is 12.2. The Morgan fingerprint density at radius 1 is 1.45 bits per heavy atom. The summed E-state index contributed by atoms with van der Waals surface area (Å²) >= 11 is 0. The third-order valence-electron chi connectivity index (χ3n) is 3.44. The number of aromatic nitrogens is 3. The van der Waals surface area contributed by atoms with Gasteiger partial charge in [-0.05, 0) is 17.7 Å². The molecule has 0 spiro atoms. The van der Waals surface area contributed by atoms with Gasteiger partial charge in [0.2, 0.25) is 5.91 Å². The number of hydrogen-bond acceptors (Lipinski definition) is 5. The van der Waals surface area contributed by atoms with E-state index in [1.807, 2.05) is 18.3 Å². The Hall–Kier alpha value is -2.25. The Labute approximate surface area is 128 Å². The summed E-state index contributed by atoms with van der Waals surface area (Å²) in [6.45, 7) is 2.73. The topological polar surface area (TPSA) is 81.1 Å². The number of carbonyl (C=O) groups is 1. The second-order valence-corrected chi connectivity index (χ2v) is 5.26. The lowest BCUT2D eigenvalue weighted by atomic mass is 10.2. The fourth-order valence-corrected chi connectivity index (χ4v) is 2.38. The number of rotatable bonds is 5. The van der Waals surface area contributed by atoms with Crippen LogP contribution in [0.3, 0.4) is 0 Å². The van der Waals surface area contributed by atoms with Gasteiger partial charge in [-0.25, -0.2) is 0 Å². The number of ether oxygens (including phenoxy) is 1. The second kappa shape index (κ2) is 7.15. The van der Waals surface area contributed by atoms with Crippen molar-refractivity contribution in [2.24, 2.45) is 0 Å². The van der Waals surface area contributed by atoms with E-state index >= 15 is 0 Å². The normalized spacial score (nSPS) is 18.1. The van der Waals surface area contributed by atoms with Crippen molar-refractivity contribution in [3.8, 4) is 0 Å². The molecule has 2 aromatic rings. The molecule has 1 amide bonds. The van der Waals surface area contributed by atoms with Crippen molar-refractivity contribution in [1.82, 2.24) is 20.1 Å². The van der Waals surface area contributed by atoms with Crippen LogP contribution in [0.1, 0.15) is 12.0 Å². The Morgan fingerprint density at radius 3 is 3.09 bits per heavy atom. The maximum absolute atomic E-state index is 12.0. The summed E-state index contributed by atoms with van der Waals surface area (Å²) in [4.78, 5) is 16.0. The molecule has 0 aliphatic carbocycles. The smallest absolute Gasteiger partial charge is 0.226 e. The van der Waals surface area contributed by atoms with E-state index in [1.165, 1.54) is 0 Å². The first-order chi connectivity index (χ1) is 10.8. The van der Waals surface area contributed by atoms with E-state index in [-0.39, 0.29) is 11.9 Å². The largest absolute Gasteiger partial charge is 0.378 e. The SMILES string of the molecule is O=C(CC1COCCN1)Nc1cnn(Cc2ccncc2)c1. The van der Waals surface area contributed by atoms with Gasteiger partial charge in [-0.3, -0.25) is 14.5 Å². The standard InChI is InChI=1S/C15H19N5O2/c21-15(7-13-11-22-6-5-17-13)19-14-8-18-20(10-14)9-12-1-3-16-4-2-12/h1-4,8,10,13,17H,5-7,9,11H2,(H,19,21). The predicted molar refractivity (Wildman–Crippen MR) is 81.4 cm³/mol. The minimum atomic E-state index is -0.0357. The Balaban J connectivity index is 1.51. The summed E-state index contributed by atoms with van der Waals surface area (Å²) in [5, 5.41) is 10.4. The number of anilines is 1. The molecule has 116 valence electrons. The van der Waals surface area contributed by atoms with E-state index < -0.39 is 0 Å². The lowest BCUT2D eigenvalue weighted by molar-refractivity contribution is -0.117. The highest BCUT2D eigenvalue weighted by Crippen LogP contribution is 2.09. The maximum Gasteiger partial charge on any atom is 0.226 e. The van der Waals surface area contributed by atoms with Gasteiger partial charge in [0.1, 0.15) is 0 Å². The van der Waals surface area contributed by atoms with Gasteiger partial charge < -0.3 is 15.4 Å². The minimum absolute atomic E-state index is 0.0357. The van der Waals surface area contributed by atoms with Gasteiger partial charge >= 0.3 is 0 Å². The summed E-state index contributed by atoms with van der Waals surface area (Å²) < 4.78 is 7.12. The van der Waals surface area contributed by atoms with Crippen molar-refractivity contribution in [3.63, 3.8) is 0 Å². The van der Waals surface area contributed by atoms with E-state index in [1.54, 1.807) is 23.3 Å². The zero-order valence-electron chi connectivity index (χ0n) is 12.2. The molecule has 3 rings (SSSR count). The molecular formula is C15H19N5O2. The Bertz CT molecular complexity index is 607. The molecule has 7 nitrogen and oxygen atoms in total. The molecule has 1 saturated heterocycles. The van der Waals surface area contributed by atoms with Gasteiger partial charge in [-0.15, -0.1) is 0 Å². The van der Waals surface area contributed by atoms with Crippen LogP contribution in [-0.2, 0) is 16.1 Å². The number of nitrogens with one attached hydrogen (secondary N) is 2. The van der Waals surface area contributed by atoms with Crippen LogP contribution in [0.4, 0.5) is 5.69 Å². The van der Waals surface area contributed by atoms with E-state index in [2.05, 4.69) is 20.7 Å². The van der Waals surface area contributed by atoms with Crippen LogP contribution >= 0.6 is 0 Å². The molecule has 0 bridgehead atoms. The van der Waals surface area contributed by atoms with Crippen molar-refractivity contribution in [1.29, 1.82) is 0 Å². The first-order valence-corrected chi connectivity index (χ1v) is 7.32. The quantitative estimate of drug-likeness (QED) is 0.847. The predicted octanol–water partition coefficient (Wildman–Crippen LogP) is 0.643. The molecule has 0 radical (unpaired) electrons.